The van der Waals surface area contributed by atoms with Crippen molar-refractivity contribution in [2.24, 2.45) is 0 Å². The van der Waals surface area contributed by atoms with Crippen LogP contribution in [0.2, 0.25) is 0 Å². The summed E-state index contributed by atoms with van der Waals surface area (Å²) in [4.78, 5) is 27.4. The molecule has 6 rings (SSSR count). The van der Waals surface area contributed by atoms with Gasteiger partial charge in [-0.2, -0.15) is 0 Å². The number of ketones is 2. The van der Waals surface area contributed by atoms with Crippen LogP contribution in [0.25, 0.3) is 32.3 Å². The Hall–Kier alpha value is -4.70. The number of phenolic OH excluding ortho intramolecular Hbond substituents is 2. The molecule has 2 N–H and O–H groups in total. The normalized spacial score (nSPS) is 11.4. The van der Waals surface area contributed by atoms with E-state index in [-0.39, 0.29) is 17.1 Å². The maximum absolute atomic E-state index is 13.8. The zero-order valence-corrected chi connectivity index (χ0v) is 17.9. The van der Waals surface area contributed by atoms with E-state index >= 15 is 0 Å². The van der Waals surface area contributed by atoms with Crippen LogP contribution >= 0.6 is 0 Å². The molecule has 0 radical (unpaired) electrons. The summed E-state index contributed by atoms with van der Waals surface area (Å²) in [6.07, 6.45) is 0. The van der Waals surface area contributed by atoms with E-state index in [0.29, 0.717) is 32.8 Å². The summed E-state index contributed by atoms with van der Waals surface area (Å²) < 4.78 is 0. The van der Waals surface area contributed by atoms with Crippen LogP contribution in [0.15, 0.2) is 97.1 Å². The monoisotopic (exact) mass is 442 g/mol. The third kappa shape index (κ3) is 2.79. The molecular weight excluding hydrogens is 424 g/mol. The van der Waals surface area contributed by atoms with E-state index in [4.69, 9.17) is 0 Å². The van der Waals surface area contributed by atoms with Crippen molar-refractivity contribution < 1.29 is 19.8 Å². The van der Waals surface area contributed by atoms with Crippen molar-refractivity contribution in [2.75, 3.05) is 0 Å². The van der Waals surface area contributed by atoms with Crippen LogP contribution in [0.4, 0.5) is 0 Å². The third-order valence-corrected chi connectivity index (χ3v) is 6.41. The fourth-order valence-electron chi connectivity index (χ4n) is 4.85. The molecule has 0 amide bonds. The molecule has 0 unspecified atom stereocenters. The van der Waals surface area contributed by atoms with Crippen molar-refractivity contribution in [3.63, 3.8) is 0 Å². The van der Waals surface area contributed by atoms with Gasteiger partial charge in [-0.15, -0.1) is 0 Å². The van der Waals surface area contributed by atoms with Gasteiger partial charge < -0.3 is 10.2 Å². The van der Waals surface area contributed by atoms with E-state index < -0.39 is 11.5 Å². The maximum atomic E-state index is 13.8. The van der Waals surface area contributed by atoms with Crippen molar-refractivity contribution in [2.45, 2.75) is 0 Å². The Balaban J connectivity index is 1.83. The van der Waals surface area contributed by atoms with Gasteiger partial charge in [0.15, 0.2) is 23.1 Å². The summed E-state index contributed by atoms with van der Waals surface area (Å²) in [7, 11) is 0. The quantitative estimate of drug-likeness (QED) is 0.187. The van der Waals surface area contributed by atoms with Crippen LogP contribution in [0.1, 0.15) is 31.8 Å². The lowest BCUT2D eigenvalue weighted by atomic mass is 9.84. The molecule has 6 aromatic carbocycles. The molecule has 6 aromatic rings. The Morgan fingerprint density at radius 3 is 1.82 bits per heavy atom. The van der Waals surface area contributed by atoms with E-state index in [1.54, 1.807) is 66.7 Å². The Morgan fingerprint density at radius 1 is 0.529 bits per heavy atom. The third-order valence-electron chi connectivity index (χ3n) is 6.41. The highest BCUT2D eigenvalue weighted by Gasteiger charge is 2.28. The second-order valence-corrected chi connectivity index (χ2v) is 8.33. The highest BCUT2D eigenvalue weighted by Crippen LogP contribution is 2.48. The summed E-state index contributed by atoms with van der Waals surface area (Å²) in [6, 6.07) is 28.5. The average Bonchev–Trinajstić information content (AvgIpc) is 2.89. The fourth-order valence-corrected chi connectivity index (χ4v) is 4.85. The standard InChI is InChI=1S/C30H18O4/c31-27(18-8-3-1-4-9-18)22-16-20-13-7-12-17-14-15-21-24(23(17)20)25(22)26(30(34)29(21)33)28(32)19-10-5-2-6-11-19/h1-16,33-34H. The van der Waals surface area contributed by atoms with Gasteiger partial charge in [0.25, 0.3) is 0 Å². The predicted octanol–water partition coefficient (Wildman–Crippen LogP) is 6.46. The van der Waals surface area contributed by atoms with Crippen molar-refractivity contribution in [1.82, 2.24) is 0 Å². The highest BCUT2D eigenvalue weighted by atomic mass is 16.3. The summed E-state index contributed by atoms with van der Waals surface area (Å²) in [5.41, 5.74) is 1.05. The molecular formula is C30H18O4. The van der Waals surface area contributed by atoms with Gasteiger partial charge in [0, 0.05) is 32.8 Å². The lowest BCUT2D eigenvalue weighted by molar-refractivity contribution is 0.103. The second kappa shape index (κ2) is 7.42. The number of hydrogen-bond acceptors (Lipinski definition) is 4. The molecule has 0 aliphatic carbocycles. The van der Waals surface area contributed by atoms with Gasteiger partial charge in [0.2, 0.25) is 0 Å². The molecule has 0 heterocycles. The fraction of sp³-hybridized carbons (Fsp3) is 0. The average molecular weight is 442 g/mol. The largest absolute Gasteiger partial charge is 0.504 e. The van der Waals surface area contributed by atoms with Gasteiger partial charge >= 0.3 is 0 Å². The van der Waals surface area contributed by atoms with Crippen molar-refractivity contribution >= 4 is 43.9 Å². The molecule has 0 atom stereocenters. The molecule has 34 heavy (non-hydrogen) atoms. The summed E-state index contributed by atoms with van der Waals surface area (Å²) in [5.74, 6) is -1.63. The van der Waals surface area contributed by atoms with Crippen molar-refractivity contribution in [1.29, 1.82) is 0 Å². The minimum absolute atomic E-state index is 0.0752. The molecule has 0 bridgehead atoms. The molecule has 0 aromatic heterocycles. The van der Waals surface area contributed by atoms with Crippen molar-refractivity contribution in [3.8, 4) is 11.5 Å². The first-order chi connectivity index (χ1) is 16.6. The maximum Gasteiger partial charge on any atom is 0.197 e. The minimum Gasteiger partial charge on any atom is -0.504 e. The van der Waals surface area contributed by atoms with E-state index in [2.05, 4.69) is 0 Å². The van der Waals surface area contributed by atoms with Gasteiger partial charge in [-0.1, -0.05) is 84.9 Å². The Kier molecular flexibility index (Phi) is 4.36. The van der Waals surface area contributed by atoms with Crippen LogP contribution in [0.5, 0.6) is 11.5 Å². The lowest BCUT2D eigenvalue weighted by Gasteiger charge is -2.19. The van der Waals surface area contributed by atoms with Crippen LogP contribution in [-0.2, 0) is 0 Å². The Labute approximate surface area is 194 Å². The number of aromatic hydroxyl groups is 2. The van der Waals surface area contributed by atoms with Gasteiger partial charge in [0.05, 0.1) is 5.56 Å². The lowest BCUT2D eigenvalue weighted by Crippen LogP contribution is -2.09. The van der Waals surface area contributed by atoms with Crippen LogP contribution in [-0.4, -0.2) is 21.8 Å². The number of carbonyl (C=O) groups is 2. The molecule has 0 aliphatic rings. The first kappa shape index (κ1) is 19.9. The molecule has 4 nitrogen and oxygen atoms in total. The van der Waals surface area contributed by atoms with Gasteiger partial charge in [0.1, 0.15) is 0 Å². The van der Waals surface area contributed by atoms with Gasteiger partial charge in [-0.3, -0.25) is 9.59 Å². The summed E-state index contributed by atoms with van der Waals surface area (Å²) >= 11 is 0. The molecule has 4 heteroatoms. The van der Waals surface area contributed by atoms with E-state index in [1.807, 2.05) is 30.3 Å². The molecule has 0 fully saturated rings. The second-order valence-electron chi connectivity index (χ2n) is 8.33. The number of hydrogen-bond donors (Lipinski definition) is 2. The first-order valence-electron chi connectivity index (χ1n) is 10.9. The molecule has 0 aliphatic heterocycles. The molecule has 0 saturated carbocycles. The first-order valence-corrected chi connectivity index (χ1v) is 10.9. The number of carbonyl (C=O) groups excluding carboxylic acids is 2. The summed E-state index contributed by atoms with van der Waals surface area (Å²) in [6.45, 7) is 0. The Morgan fingerprint density at radius 2 is 1.15 bits per heavy atom. The van der Waals surface area contributed by atoms with Gasteiger partial charge in [-0.05, 0) is 28.3 Å². The highest BCUT2D eigenvalue weighted by molar-refractivity contribution is 6.35. The zero-order chi connectivity index (χ0) is 23.4. The topological polar surface area (TPSA) is 74.6 Å². The summed E-state index contributed by atoms with van der Waals surface area (Å²) in [5, 5.41) is 25.9. The van der Waals surface area contributed by atoms with E-state index in [1.165, 1.54) is 0 Å². The van der Waals surface area contributed by atoms with E-state index in [9.17, 15) is 19.8 Å². The molecule has 162 valence electrons. The van der Waals surface area contributed by atoms with Crippen LogP contribution in [0.3, 0.4) is 0 Å². The van der Waals surface area contributed by atoms with Crippen LogP contribution in [0, 0.1) is 0 Å². The predicted molar refractivity (Wildman–Crippen MR) is 133 cm³/mol. The molecule has 0 spiro atoms. The SMILES string of the molecule is O=C(c1ccccc1)c1cc2cccc3ccc4c(O)c(O)c(C(=O)c5ccccc5)c1c4c32. The van der Waals surface area contributed by atoms with Crippen molar-refractivity contribution in [3.05, 3.63) is 119 Å². The molecule has 0 saturated heterocycles. The number of benzene rings is 6. The number of rotatable bonds is 4. The van der Waals surface area contributed by atoms with Crippen LogP contribution < -0.4 is 0 Å². The van der Waals surface area contributed by atoms with Gasteiger partial charge in [-0.25, -0.2) is 0 Å². The smallest absolute Gasteiger partial charge is 0.197 e. The Bertz CT molecular complexity index is 1740. The number of phenols is 2. The minimum atomic E-state index is -0.526. The zero-order valence-electron chi connectivity index (χ0n) is 17.9. The van der Waals surface area contributed by atoms with E-state index in [0.717, 1.165) is 16.2 Å².